The van der Waals surface area contributed by atoms with E-state index >= 15 is 0 Å². The second-order valence-corrected chi connectivity index (χ2v) is 8.53. The van der Waals surface area contributed by atoms with Gasteiger partial charge in [-0.05, 0) is 82.2 Å². The summed E-state index contributed by atoms with van der Waals surface area (Å²) in [6, 6.07) is 4.30. The van der Waals surface area contributed by atoms with Crippen LogP contribution in [0.1, 0.15) is 50.3 Å². The molecule has 132 valence electrons. The van der Waals surface area contributed by atoms with Crippen LogP contribution in [0.15, 0.2) is 22.7 Å². The zero-order valence-electron chi connectivity index (χ0n) is 15.4. The third kappa shape index (κ3) is 5.37. The highest BCUT2D eigenvalue weighted by molar-refractivity contribution is 9.10. The smallest absolute Gasteiger partial charge is 0.410 e. The van der Waals surface area contributed by atoms with E-state index < -0.39 is 5.60 Å². The van der Waals surface area contributed by atoms with E-state index in [0.717, 1.165) is 30.4 Å². The number of benzene rings is 1. The lowest BCUT2D eigenvalue weighted by atomic mass is 9.94. The number of hydrogen-bond donors (Lipinski definition) is 0. The molecule has 2 rings (SSSR count). The van der Waals surface area contributed by atoms with Gasteiger partial charge in [0.25, 0.3) is 0 Å². The average molecular weight is 394 g/mol. The van der Waals surface area contributed by atoms with Gasteiger partial charge in [0, 0.05) is 17.6 Å². The summed E-state index contributed by atoms with van der Waals surface area (Å²) in [5, 5.41) is 0. The summed E-state index contributed by atoms with van der Waals surface area (Å²) < 4.78 is 6.57. The van der Waals surface area contributed by atoms with Gasteiger partial charge in [0.2, 0.25) is 0 Å². The topological polar surface area (TPSA) is 29.5 Å². The summed E-state index contributed by atoms with van der Waals surface area (Å²) in [7, 11) is 0. The molecule has 0 aliphatic carbocycles. The van der Waals surface area contributed by atoms with Crippen molar-refractivity contribution >= 4 is 28.1 Å². The zero-order valence-corrected chi connectivity index (χ0v) is 16.9. The van der Waals surface area contributed by atoms with Gasteiger partial charge in [0.1, 0.15) is 5.60 Å². The van der Waals surface area contributed by atoms with Crippen LogP contribution in [0.3, 0.4) is 0 Å². The summed E-state index contributed by atoms with van der Waals surface area (Å²) in [6.45, 7) is 11.5. The Balaban J connectivity index is 1.93. The lowest BCUT2D eigenvalue weighted by molar-refractivity contribution is 0.0197. The number of carbonyl (C=O) groups excluding carboxylic acids is 1. The van der Waals surface area contributed by atoms with Crippen LogP contribution in [-0.2, 0) is 4.74 Å². The molecule has 4 heteroatoms. The SMILES string of the molecule is Cc1cc(Br)cc(C)c1/C=C\C1CCN(C(=O)OC(C)(C)C)CC1. The maximum Gasteiger partial charge on any atom is 0.410 e. The van der Waals surface area contributed by atoms with Gasteiger partial charge in [-0.25, -0.2) is 4.79 Å². The number of halogens is 1. The molecular formula is C20H28BrNO2. The predicted octanol–water partition coefficient (Wildman–Crippen LogP) is 5.73. The van der Waals surface area contributed by atoms with Gasteiger partial charge in [0.15, 0.2) is 0 Å². The van der Waals surface area contributed by atoms with E-state index in [9.17, 15) is 4.79 Å². The number of amides is 1. The summed E-state index contributed by atoms with van der Waals surface area (Å²) in [5.74, 6) is 0.520. The molecule has 0 saturated carbocycles. The van der Waals surface area contributed by atoms with Crippen LogP contribution in [0.4, 0.5) is 4.79 Å². The van der Waals surface area contributed by atoms with Gasteiger partial charge in [-0.2, -0.15) is 0 Å². The first kappa shape index (κ1) is 19.0. The molecule has 1 aliphatic heterocycles. The van der Waals surface area contributed by atoms with Crippen LogP contribution in [0.25, 0.3) is 6.08 Å². The van der Waals surface area contributed by atoms with Crippen molar-refractivity contribution in [3.63, 3.8) is 0 Å². The second kappa shape index (κ2) is 7.73. The van der Waals surface area contributed by atoms with E-state index in [1.807, 2.05) is 25.7 Å². The fourth-order valence-electron chi connectivity index (χ4n) is 3.02. The first-order valence-electron chi connectivity index (χ1n) is 8.58. The number of allylic oxidation sites excluding steroid dienone is 1. The Labute approximate surface area is 154 Å². The van der Waals surface area contributed by atoms with E-state index in [2.05, 4.69) is 54.1 Å². The maximum absolute atomic E-state index is 12.1. The van der Waals surface area contributed by atoms with E-state index in [0.29, 0.717) is 5.92 Å². The molecule has 0 unspecified atom stereocenters. The molecule has 1 aromatic carbocycles. The number of aryl methyl sites for hydroxylation is 2. The average Bonchev–Trinajstić information content (AvgIpc) is 2.45. The molecule has 0 bridgehead atoms. The number of piperidine rings is 1. The molecule has 1 saturated heterocycles. The Bertz CT molecular complexity index is 600. The van der Waals surface area contributed by atoms with Crippen molar-refractivity contribution < 1.29 is 9.53 Å². The molecule has 1 heterocycles. The Morgan fingerprint density at radius 3 is 2.25 bits per heavy atom. The van der Waals surface area contributed by atoms with E-state index in [1.165, 1.54) is 16.7 Å². The van der Waals surface area contributed by atoms with Crippen LogP contribution in [0.5, 0.6) is 0 Å². The number of nitrogens with zero attached hydrogens (tertiary/aromatic N) is 1. The standard InChI is InChI=1S/C20H28BrNO2/c1-14-12-17(21)13-15(2)18(14)7-6-16-8-10-22(11-9-16)19(23)24-20(3,4)5/h6-7,12-13,16H,8-11H2,1-5H3/b7-6-. The maximum atomic E-state index is 12.1. The first-order valence-corrected chi connectivity index (χ1v) is 9.38. The van der Waals surface area contributed by atoms with Crippen LogP contribution in [-0.4, -0.2) is 29.7 Å². The Kier molecular flexibility index (Phi) is 6.13. The third-order valence-corrected chi connectivity index (χ3v) is 4.74. The van der Waals surface area contributed by atoms with Gasteiger partial charge in [-0.15, -0.1) is 0 Å². The van der Waals surface area contributed by atoms with Gasteiger partial charge in [-0.3, -0.25) is 0 Å². The van der Waals surface area contributed by atoms with Crippen LogP contribution >= 0.6 is 15.9 Å². The van der Waals surface area contributed by atoms with Crippen molar-refractivity contribution in [2.24, 2.45) is 5.92 Å². The predicted molar refractivity (Wildman–Crippen MR) is 103 cm³/mol. The number of carbonyl (C=O) groups is 1. The van der Waals surface area contributed by atoms with Crippen molar-refractivity contribution in [2.75, 3.05) is 13.1 Å². The molecule has 0 N–H and O–H groups in total. The minimum atomic E-state index is -0.426. The summed E-state index contributed by atoms with van der Waals surface area (Å²) >= 11 is 3.54. The lowest BCUT2D eigenvalue weighted by Gasteiger charge is -2.32. The van der Waals surface area contributed by atoms with Crippen molar-refractivity contribution in [3.8, 4) is 0 Å². The van der Waals surface area contributed by atoms with Crippen molar-refractivity contribution in [3.05, 3.63) is 39.4 Å². The number of ether oxygens (including phenoxy) is 1. The van der Waals surface area contributed by atoms with Crippen molar-refractivity contribution in [1.82, 2.24) is 4.90 Å². The second-order valence-electron chi connectivity index (χ2n) is 7.62. The van der Waals surface area contributed by atoms with Crippen LogP contribution in [0, 0.1) is 19.8 Å². The third-order valence-electron chi connectivity index (χ3n) is 4.28. The molecule has 0 spiro atoms. The normalized spacial score (nSPS) is 16.7. The molecule has 1 aliphatic rings. The fraction of sp³-hybridized carbons (Fsp3) is 0.550. The van der Waals surface area contributed by atoms with Crippen LogP contribution in [0.2, 0.25) is 0 Å². The number of likely N-dealkylation sites (tertiary alicyclic amines) is 1. The molecule has 1 amide bonds. The molecule has 1 fully saturated rings. The Hall–Kier alpha value is -1.29. The van der Waals surface area contributed by atoms with Gasteiger partial charge in [0.05, 0.1) is 0 Å². The largest absolute Gasteiger partial charge is 0.444 e. The molecule has 1 aromatic rings. The quantitative estimate of drug-likeness (QED) is 0.642. The Morgan fingerprint density at radius 2 is 1.75 bits per heavy atom. The minimum Gasteiger partial charge on any atom is -0.444 e. The first-order chi connectivity index (χ1) is 11.2. The zero-order chi connectivity index (χ0) is 17.9. The number of rotatable bonds is 2. The minimum absolute atomic E-state index is 0.190. The van der Waals surface area contributed by atoms with Gasteiger partial charge in [-0.1, -0.05) is 28.1 Å². The van der Waals surface area contributed by atoms with E-state index in [1.54, 1.807) is 0 Å². The van der Waals surface area contributed by atoms with Gasteiger partial charge < -0.3 is 9.64 Å². The molecule has 0 radical (unpaired) electrons. The summed E-state index contributed by atoms with van der Waals surface area (Å²) in [5.41, 5.74) is 3.44. The molecular weight excluding hydrogens is 366 g/mol. The number of hydrogen-bond acceptors (Lipinski definition) is 2. The van der Waals surface area contributed by atoms with Crippen molar-refractivity contribution in [2.45, 2.75) is 53.1 Å². The summed E-state index contributed by atoms with van der Waals surface area (Å²) in [6.07, 6.45) is 6.33. The highest BCUT2D eigenvalue weighted by Gasteiger charge is 2.25. The summed E-state index contributed by atoms with van der Waals surface area (Å²) in [4.78, 5) is 13.9. The highest BCUT2D eigenvalue weighted by Crippen LogP contribution is 2.25. The van der Waals surface area contributed by atoms with E-state index in [4.69, 9.17) is 4.74 Å². The molecule has 3 nitrogen and oxygen atoms in total. The fourth-order valence-corrected chi connectivity index (χ4v) is 3.70. The lowest BCUT2D eigenvalue weighted by Crippen LogP contribution is -2.41. The van der Waals surface area contributed by atoms with E-state index in [-0.39, 0.29) is 6.09 Å². The molecule has 0 atom stereocenters. The van der Waals surface area contributed by atoms with Crippen LogP contribution < -0.4 is 0 Å². The Morgan fingerprint density at radius 1 is 1.21 bits per heavy atom. The highest BCUT2D eigenvalue weighted by atomic mass is 79.9. The monoisotopic (exact) mass is 393 g/mol. The van der Waals surface area contributed by atoms with Gasteiger partial charge >= 0.3 is 6.09 Å². The van der Waals surface area contributed by atoms with Crippen molar-refractivity contribution in [1.29, 1.82) is 0 Å². The molecule has 0 aromatic heterocycles. The molecule has 24 heavy (non-hydrogen) atoms.